The van der Waals surface area contributed by atoms with Gasteiger partial charge in [0.1, 0.15) is 4.88 Å². The van der Waals surface area contributed by atoms with E-state index in [4.69, 9.17) is 16.7 Å². The lowest BCUT2D eigenvalue weighted by Crippen LogP contribution is -2.10. The van der Waals surface area contributed by atoms with Crippen LogP contribution in [0.5, 0.6) is 0 Å². The van der Waals surface area contributed by atoms with Gasteiger partial charge in [0, 0.05) is 10.2 Å². The number of rotatable bonds is 3. The van der Waals surface area contributed by atoms with Crippen molar-refractivity contribution in [3.63, 3.8) is 0 Å². The summed E-state index contributed by atoms with van der Waals surface area (Å²) in [5.41, 5.74) is 0.548. The fourth-order valence-electron chi connectivity index (χ4n) is 1.24. The fourth-order valence-corrected chi connectivity index (χ4v) is 2.39. The zero-order chi connectivity index (χ0) is 14.0. The molecule has 0 fully saturated rings. The number of thiazole rings is 1. The smallest absolute Gasteiger partial charge is 0.365 e. The van der Waals surface area contributed by atoms with Crippen LogP contribution in [0.25, 0.3) is 0 Å². The standard InChI is InChI=1S/C11H6BrClN2O3S/c12-6-3-5(1-2-7(6)13)15-9(16)8-4-14-10(19-8)11(17)18/h1-4H,(H,15,16)(H,17,18). The van der Waals surface area contributed by atoms with Crippen molar-refractivity contribution < 1.29 is 14.7 Å². The molecule has 0 unspecified atom stereocenters. The molecule has 1 heterocycles. The lowest BCUT2D eigenvalue weighted by Gasteiger charge is -2.04. The summed E-state index contributed by atoms with van der Waals surface area (Å²) in [6.07, 6.45) is 1.23. The molecule has 1 amide bonds. The number of hydrogen-bond donors (Lipinski definition) is 2. The summed E-state index contributed by atoms with van der Waals surface area (Å²) in [4.78, 5) is 26.4. The fraction of sp³-hybridized carbons (Fsp3) is 0. The van der Waals surface area contributed by atoms with Crippen molar-refractivity contribution in [3.05, 3.63) is 43.8 Å². The predicted molar refractivity (Wildman–Crippen MR) is 76.2 cm³/mol. The highest BCUT2D eigenvalue weighted by atomic mass is 79.9. The van der Waals surface area contributed by atoms with Gasteiger partial charge >= 0.3 is 5.97 Å². The van der Waals surface area contributed by atoms with Gasteiger partial charge in [0.25, 0.3) is 5.91 Å². The second-order valence-electron chi connectivity index (χ2n) is 3.42. The quantitative estimate of drug-likeness (QED) is 0.877. The van der Waals surface area contributed by atoms with E-state index in [2.05, 4.69) is 26.2 Å². The Hall–Kier alpha value is -1.44. The third-order valence-electron chi connectivity index (χ3n) is 2.09. The van der Waals surface area contributed by atoms with Gasteiger partial charge in [-0.15, -0.1) is 11.3 Å². The van der Waals surface area contributed by atoms with Crippen molar-refractivity contribution in [2.24, 2.45) is 0 Å². The number of aromatic nitrogens is 1. The summed E-state index contributed by atoms with van der Waals surface area (Å²) < 4.78 is 0.655. The van der Waals surface area contributed by atoms with Crippen LogP contribution in [-0.4, -0.2) is 22.0 Å². The SMILES string of the molecule is O=C(Nc1ccc(Cl)c(Br)c1)c1cnc(C(=O)O)s1. The maximum absolute atomic E-state index is 11.9. The van der Waals surface area contributed by atoms with Crippen molar-refractivity contribution in [3.8, 4) is 0 Å². The number of nitrogens with zero attached hydrogens (tertiary/aromatic N) is 1. The largest absolute Gasteiger partial charge is 0.476 e. The lowest BCUT2D eigenvalue weighted by atomic mass is 10.3. The van der Waals surface area contributed by atoms with Crippen LogP contribution in [0.1, 0.15) is 19.5 Å². The molecule has 0 bridgehead atoms. The maximum atomic E-state index is 11.9. The molecule has 1 aromatic heterocycles. The minimum atomic E-state index is -1.15. The summed E-state index contributed by atoms with van der Waals surface area (Å²) in [6, 6.07) is 4.93. The highest BCUT2D eigenvalue weighted by Crippen LogP contribution is 2.26. The van der Waals surface area contributed by atoms with Crippen LogP contribution >= 0.6 is 38.9 Å². The Balaban J connectivity index is 2.15. The number of aromatic carboxylic acids is 1. The van der Waals surface area contributed by atoms with Gasteiger partial charge in [0.15, 0.2) is 0 Å². The second-order valence-corrected chi connectivity index (χ2v) is 5.71. The highest BCUT2D eigenvalue weighted by molar-refractivity contribution is 9.10. The number of carboxylic acid groups (broad SMARTS) is 1. The summed E-state index contributed by atoms with van der Waals surface area (Å²) in [7, 11) is 0. The maximum Gasteiger partial charge on any atom is 0.365 e. The number of carbonyl (C=O) groups is 2. The molecule has 0 radical (unpaired) electrons. The van der Waals surface area contributed by atoms with E-state index in [1.165, 1.54) is 6.20 Å². The molecule has 2 rings (SSSR count). The summed E-state index contributed by atoms with van der Waals surface area (Å²) in [5.74, 6) is -1.57. The first-order chi connectivity index (χ1) is 8.97. The predicted octanol–water partition coefficient (Wildman–Crippen LogP) is 3.51. The van der Waals surface area contributed by atoms with E-state index in [0.29, 0.717) is 15.2 Å². The Kier molecular flexibility index (Phi) is 4.18. The van der Waals surface area contributed by atoms with Crippen LogP contribution in [0.2, 0.25) is 5.02 Å². The number of carboxylic acids is 1. The Morgan fingerprint density at radius 2 is 2.16 bits per heavy atom. The van der Waals surface area contributed by atoms with Gasteiger partial charge < -0.3 is 10.4 Å². The van der Waals surface area contributed by atoms with E-state index < -0.39 is 11.9 Å². The number of carbonyl (C=O) groups excluding carboxylic acids is 1. The average Bonchev–Trinajstić information content (AvgIpc) is 2.83. The molecule has 19 heavy (non-hydrogen) atoms. The van der Waals surface area contributed by atoms with Crippen molar-refractivity contribution in [1.82, 2.24) is 4.98 Å². The number of nitrogens with one attached hydrogen (secondary N) is 1. The molecule has 2 aromatic rings. The van der Waals surface area contributed by atoms with Gasteiger partial charge in [-0.3, -0.25) is 4.79 Å². The van der Waals surface area contributed by atoms with Gasteiger partial charge in [-0.2, -0.15) is 0 Å². The minimum absolute atomic E-state index is 0.123. The first-order valence-electron chi connectivity index (χ1n) is 4.93. The molecule has 8 heteroatoms. The average molecular weight is 362 g/mol. The first kappa shape index (κ1) is 14.0. The molecule has 0 aliphatic rings. The van der Waals surface area contributed by atoms with Gasteiger partial charge in [-0.1, -0.05) is 11.6 Å². The van der Waals surface area contributed by atoms with Crippen molar-refractivity contribution in [2.45, 2.75) is 0 Å². The zero-order valence-corrected chi connectivity index (χ0v) is 12.3. The van der Waals surface area contributed by atoms with Gasteiger partial charge in [0.2, 0.25) is 5.01 Å². The molecule has 1 aromatic carbocycles. The minimum Gasteiger partial charge on any atom is -0.476 e. The van der Waals surface area contributed by atoms with E-state index in [1.807, 2.05) is 0 Å². The van der Waals surface area contributed by atoms with Crippen LogP contribution in [-0.2, 0) is 0 Å². The third kappa shape index (κ3) is 3.31. The second kappa shape index (κ2) is 5.68. The lowest BCUT2D eigenvalue weighted by molar-refractivity contribution is 0.0696. The molecule has 2 N–H and O–H groups in total. The Labute approximate surface area is 125 Å². The molecule has 0 aliphatic carbocycles. The molecule has 0 saturated carbocycles. The zero-order valence-electron chi connectivity index (χ0n) is 9.18. The topological polar surface area (TPSA) is 79.3 Å². The molecule has 0 aliphatic heterocycles. The van der Waals surface area contributed by atoms with Gasteiger partial charge in [-0.05, 0) is 34.1 Å². The van der Waals surface area contributed by atoms with Crippen molar-refractivity contribution in [2.75, 3.05) is 5.32 Å². The van der Waals surface area contributed by atoms with Gasteiger partial charge in [0.05, 0.1) is 11.2 Å². The summed E-state index contributed by atoms with van der Waals surface area (Å²) in [6.45, 7) is 0. The number of halogens is 2. The molecule has 5 nitrogen and oxygen atoms in total. The van der Waals surface area contributed by atoms with E-state index in [-0.39, 0.29) is 9.88 Å². The normalized spacial score (nSPS) is 10.2. The van der Waals surface area contributed by atoms with E-state index >= 15 is 0 Å². The molecular weight excluding hydrogens is 356 g/mol. The first-order valence-corrected chi connectivity index (χ1v) is 6.91. The highest BCUT2D eigenvalue weighted by Gasteiger charge is 2.14. The molecule has 0 spiro atoms. The number of benzene rings is 1. The van der Waals surface area contributed by atoms with Crippen LogP contribution in [0, 0.1) is 0 Å². The van der Waals surface area contributed by atoms with Crippen LogP contribution < -0.4 is 5.32 Å². The van der Waals surface area contributed by atoms with Crippen molar-refractivity contribution in [1.29, 1.82) is 0 Å². The van der Waals surface area contributed by atoms with Crippen LogP contribution in [0.3, 0.4) is 0 Å². The van der Waals surface area contributed by atoms with E-state index in [9.17, 15) is 9.59 Å². The number of hydrogen-bond acceptors (Lipinski definition) is 4. The number of amides is 1. The third-order valence-corrected chi connectivity index (χ3v) is 4.29. The van der Waals surface area contributed by atoms with Crippen molar-refractivity contribution >= 4 is 56.4 Å². The Bertz CT molecular complexity index is 659. The molecule has 0 saturated heterocycles. The Morgan fingerprint density at radius 3 is 2.74 bits per heavy atom. The van der Waals surface area contributed by atoms with Crippen LogP contribution in [0.4, 0.5) is 5.69 Å². The van der Waals surface area contributed by atoms with E-state index in [1.54, 1.807) is 18.2 Å². The molecular formula is C11H6BrClN2O3S. The monoisotopic (exact) mass is 360 g/mol. The molecule has 98 valence electrons. The van der Waals surface area contributed by atoms with Gasteiger partial charge in [-0.25, -0.2) is 9.78 Å². The Morgan fingerprint density at radius 1 is 1.42 bits per heavy atom. The van der Waals surface area contributed by atoms with Crippen LogP contribution in [0.15, 0.2) is 28.9 Å². The summed E-state index contributed by atoms with van der Waals surface area (Å²) in [5, 5.41) is 11.8. The van der Waals surface area contributed by atoms with E-state index in [0.717, 1.165) is 11.3 Å². The molecule has 0 atom stereocenters. The summed E-state index contributed by atoms with van der Waals surface area (Å²) >= 11 is 9.90. The number of anilines is 1.